The van der Waals surface area contributed by atoms with Gasteiger partial charge in [0.2, 0.25) is 0 Å². The van der Waals surface area contributed by atoms with Crippen LogP contribution in [-0.2, 0) is 9.36 Å². The number of hydrogen-bond acceptors (Lipinski definition) is 4. The summed E-state index contributed by atoms with van der Waals surface area (Å²) in [6.45, 7) is 0. The van der Waals surface area contributed by atoms with Gasteiger partial charge in [-0.2, -0.15) is 13.2 Å². The predicted molar refractivity (Wildman–Crippen MR) is 60.7 cm³/mol. The molecule has 10 heteroatoms. The van der Waals surface area contributed by atoms with Crippen molar-refractivity contribution in [1.82, 2.24) is 0 Å². The van der Waals surface area contributed by atoms with E-state index in [4.69, 9.17) is 9.79 Å². The SMILES string of the molecule is O=C([O-])C(N(CP(=O)(O)O)c1ccccc1)C(F)(F)F. The van der Waals surface area contributed by atoms with Crippen molar-refractivity contribution in [2.75, 3.05) is 11.2 Å². The summed E-state index contributed by atoms with van der Waals surface area (Å²) in [5.74, 6) is -2.49. The minimum absolute atomic E-state index is 0.0656. The number of carbonyl (C=O) groups excluding carboxylic acids is 1. The Balaban J connectivity index is 3.29. The Bertz CT molecular complexity index is 515. The number of carboxylic acids is 1. The Labute approximate surface area is 111 Å². The van der Waals surface area contributed by atoms with Gasteiger partial charge in [0.1, 0.15) is 6.29 Å². The Morgan fingerprint density at radius 3 is 2.15 bits per heavy atom. The average molecular weight is 312 g/mol. The molecule has 0 radical (unpaired) electrons. The van der Waals surface area contributed by atoms with Crippen LogP contribution in [0.15, 0.2) is 30.3 Å². The zero-order chi connectivity index (χ0) is 15.6. The number of aliphatic carboxylic acids is 1. The van der Waals surface area contributed by atoms with Gasteiger partial charge in [-0.3, -0.25) is 4.57 Å². The molecule has 0 saturated heterocycles. The van der Waals surface area contributed by atoms with Gasteiger partial charge in [0.25, 0.3) is 0 Å². The van der Waals surface area contributed by atoms with E-state index < -0.39 is 32.1 Å². The lowest BCUT2D eigenvalue weighted by Gasteiger charge is -2.35. The zero-order valence-corrected chi connectivity index (χ0v) is 10.7. The normalized spacial score (nSPS) is 13.8. The first-order valence-electron chi connectivity index (χ1n) is 5.16. The number of benzene rings is 1. The summed E-state index contributed by atoms with van der Waals surface area (Å²) in [6.07, 6.45) is -6.64. The van der Waals surface area contributed by atoms with Gasteiger partial charge < -0.3 is 24.6 Å². The molecule has 0 bridgehead atoms. The van der Waals surface area contributed by atoms with E-state index in [1.54, 1.807) is 0 Å². The third-order valence-corrected chi connectivity index (χ3v) is 2.94. The molecule has 1 unspecified atom stereocenters. The largest absolute Gasteiger partial charge is 0.548 e. The van der Waals surface area contributed by atoms with Crippen molar-refractivity contribution in [1.29, 1.82) is 0 Å². The molecule has 6 nitrogen and oxygen atoms in total. The highest BCUT2D eigenvalue weighted by Crippen LogP contribution is 2.40. The van der Waals surface area contributed by atoms with Crippen LogP contribution in [0.25, 0.3) is 0 Å². The Hall–Kier alpha value is -1.57. The van der Waals surface area contributed by atoms with Crippen LogP contribution in [0.3, 0.4) is 0 Å². The highest BCUT2D eigenvalue weighted by Gasteiger charge is 2.46. The number of carbonyl (C=O) groups is 1. The summed E-state index contributed by atoms with van der Waals surface area (Å²) in [5.41, 5.74) is -0.289. The maximum atomic E-state index is 12.8. The van der Waals surface area contributed by atoms with Crippen molar-refractivity contribution < 1.29 is 37.4 Å². The quantitative estimate of drug-likeness (QED) is 0.759. The first kappa shape index (κ1) is 16.5. The summed E-state index contributed by atoms with van der Waals surface area (Å²) in [5, 5.41) is 10.7. The molecule has 112 valence electrons. The second-order valence-corrected chi connectivity index (χ2v) is 5.49. The van der Waals surface area contributed by atoms with E-state index in [9.17, 15) is 27.6 Å². The lowest BCUT2D eigenvalue weighted by atomic mass is 10.2. The number of para-hydroxylation sites is 1. The lowest BCUT2D eigenvalue weighted by Crippen LogP contribution is -2.56. The molecule has 1 rings (SSSR count). The topological polar surface area (TPSA) is 101 Å². The standard InChI is InChI=1S/C10H11F3NO5P/c11-10(12,13)8(9(15)16)14(6-20(17,18)19)7-4-2-1-3-5-7/h1-5,8H,6H2,(H,15,16)(H2,17,18,19)/p-1. The van der Waals surface area contributed by atoms with Crippen LogP contribution in [0, 0.1) is 0 Å². The van der Waals surface area contributed by atoms with E-state index in [2.05, 4.69) is 0 Å². The summed E-state index contributed by atoms with van der Waals surface area (Å²) in [4.78, 5) is 28.5. The number of rotatable bonds is 5. The van der Waals surface area contributed by atoms with Crippen molar-refractivity contribution in [3.8, 4) is 0 Å². The van der Waals surface area contributed by atoms with Crippen LogP contribution in [-0.4, -0.2) is 34.3 Å². The van der Waals surface area contributed by atoms with Crippen LogP contribution < -0.4 is 10.0 Å². The van der Waals surface area contributed by atoms with E-state index in [1.165, 1.54) is 18.2 Å². The van der Waals surface area contributed by atoms with Crippen molar-refractivity contribution in [3.05, 3.63) is 30.3 Å². The monoisotopic (exact) mass is 312 g/mol. The fourth-order valence-electron chi connectivity index (χ4n) is 1.57. The predicted octanol–water partition coefficient (Wildman–Crippen LogP) is 0.309. The smallest absolute Gasteiger partial charge is 0.414 e. The molecule has 0 amide bonds. The highest BCUT2D eigenvalue weighted by atomic mass is 31.2. The Morgan fingerprint density at radius 1 is 1.30 bits per heavy atom. The third-order valence-electron chi connectivity index (χ3n) is 2.27. The van der Waals surface area contributed by atoms with E-state index in [0.717, 1.165) is 12.1 Å². The van der Waals surface area contributed by atoms with Gasteiger partial charge in [-0.25, -0.2) is 0 Å². The van der Waals surface area contributed by atoms with Gasteiger partial charge in [-0.05, 0) is 12.1 Å². The highest BCUT2D eigenvalue weighted by molar-refractivity contribution is 7.51. The molecule has 1 aromatic rings. The minimum Gasteiger partial charge on any atom is -0.548 e. The number of anilines is 1. The van der Waals surface area contributed by atoms with Crippen LogP contribution in [0.5, 0.6) is 0 Å². The van der Waals surface area contributed by atoms with Gasteiger partial charge in [0.15, 0.2) is 6.04 Å². The Morgan fingerprint density at radius 2 is 1.80 bits per heavy atom. The van der Waals surface area contributed by atoms with Crippen LogP contribution in [0.1, 0.15) is 0 Å². The number of carboxylic acid groups (broad SMARTS) is 1. The van der Waals surface area contributed by atoms with E-state index in [0.29, 0.717) is 0 Å². The van der Waals surface area contributed by atoms with E-state index >= 15 is 0 Å². The molecular formula is C10H10F3NO5P-. The third kappa shape index (κ3) is 4.52. The first-order valence-corrected chi connectivity index (χ1v) is 6.96. The average Bonchev–Trinajstić information content (AvgIpc) is 2.25. The molecule has 1 aromatic carbocycles. The fraction of sp³-hybridized carbons (Fsp3) is 0.300. The molecule has 0 saturated carbocycles. The van der Waals surface area contributed by atoms with Gasteiger partial charge in [0.05, 0.1) is 5.97 Å². The van der Waals surface area contributed by atoms with Gasteiger partial charge >= 0.3 is 13.8 Å². The molecule has 0 fully saturated rings. The Kier molecular flexibility index (Phi) is 4.80. The van der Waals surface area contributed by atoms with E-state index in [-0.39, 0.29) is 10.6 Å². The van der Waals surface area contributed by atoms with E-state index in [1.807, 2.05) is 0 Å². The maximum Gasteiger partial charge on any atom is 0.414 e. The van der Waals surface area contributed by atoms with Gasteiger partial charge in [0, 0.05) is 5.69 Å². The molecule has 1 atom stereocenters. The second kappa shape index (κ2) is 5.82. The molecule has 20 heavy (non-hydrogen) atoms. The fourth-order valence-corrected chi connectivity index (χ4v) is 2.29. The van der Waals surface area contributed by atoms with Crippen molar-refractivity contribution in [2.45, 2.75) is 12.2 Å². The summed E-state index contributed by atoms with van der Waals surface area (Å²) in [6, 6.07) is 3.14. The summed E-state index contributed by atoms with van der Waals surface area (Å²) < 4.78 is 49.2. The zero-order valence-electron chi connectivity index (χ0n) is 9.82. The summed E-state index contributed by atoms with van der Waals surface area (Å²) >= 11 is 0. The molecule has 0 aromatic heterocycles. The minimum atomic E-state index is -5.25. The van der Waals surface area contributed by atoms with Crippen molar-refractivity contribution >= 4 is 19.3 Å². The molecule has 0 heterocycles. The number of alkyl halides is 3. The number of nitrogens with zero attached hydrogens (tertiary/aromatic N) is 1. The second-order valence-electron chi connectivity index (χ2n) is 3.87. The molecule has 0 aliphatic heterocycles. The van der Waals surface area contributed by atoms with Crippen molar-refractivity contribution in [2.24, 2.45) is 0 Å². The molecule has 0 aliphatic rings. The van der Waals surface area contributed by atoms with Crippen LogP contribution >= 0.6 is 7.60 Å². The van der Waals surface area contributed by atoms with Gasteiger partial charge in [-0.15, -0.1) is 0 Å². The summed E-state index contributed by atoms with van der Waals surface area (Å²) in [7, 11) is -4.92. The molecule has 0 aliphatic carbocycles. The van der Waals surface area contributed by atoms with Gasteiger partial charge in [-0.1, -0.05) is 18.2 Å². The number of hydrogen-bond donors (Lipinski definition) is 2. The molecular weight excluding hydrogens is 302 g/mol. The maximum absolute atomic E-state index is 12.8. The van der Waals surface area contributed by atoms with Crippen LogP contribution in [0.4, 0.5) is 18.9 Å². The molecule has 0 spiro atoms. The van der Waals surface area contributed by atoms with Crippen LogP contribution in [0.2, 0.25) is 0 Å². The lowest BCUT2D eigenvalue weighted by molar-refractivity contribution is -0.317. The molecule has 2 N–H and O–H groups in total. The first-order chi connectivity index (χ1) is 9.02. The van der Waals surface area contributed by atoms with Crippen molar-refractivity contribution in [3.63, 3.8) is 0 Å². The number of halogens is 3.